The Balaban J connectivity index is 0.890. The maximum Gasteiger partial charge on any atom is 0.252 e. The van der Waals surface area contributed by atoms with Crippen molar-refractivity contribution < 1.29 is 0 Å². The van der Waals surface area contributed by atoms with Gasteiger partial charge in [0.05, 0.1) is 11.0 Å². The van der Waals surface area contributed by atoms with Gasteiger partial charge in [0.25, 0.3) is 6.71 Å². The van der Waals surface area contributed by atoms with Gasteiger partial charge in [0.15, 0.2) is 34.9 Å². The number of hydrogen-bond donors (Lipinski definition) is 0. The molecule has 0 fully saturated rings. The van der Waals surface area contributed by atoms with Crippen LogP contribution in [0.2, 0.25) is 0 Å². The van der Waals surface area contributed by atoms with Crippen molar-refractivity contribution >= 4 is 79.0 Å². The molecule has 3 aromatic heterocycles. The zero-order valence-electron chi connectivity index (χ0n) is 47.5. The maximum absolute atomic E-state index is 5.36. The normalized spacial score (nSPS) is 12.2. The lowest BCUT2D eigenvalue weighted by atomic mass is 9.33. The van der Waals surface area contributed by atoms with E-state index in [9.17, 15) is 0 Å². The number of hydrogen-bond acceptors (Lipinski definition) is 8. The molecule has 9 nitrogen and oxygen atoms in total. The molecule has 12 aromatic carbocycles. The summed E-state index contributed by atoms with van der Waals surface area (Å²) in [5, 5.41) is 2.24. The molecular formula is C78H50BN9. The SMILES string of the molecule is c1ccc(-c2nc(-c3ccccc3)nc(-c3ccc(-n4c5ccccc5c5cc(-c6cc7c8c(c6)N(c6ccccc6)c6ccccc6B8c6ccccc6N7c6ccccc6)ccc54)cc3-c3nc(-c4ccccc4)nc(-c4ccccc4)n3)n2)cc1. The van der Waals surface area contributed by atoms with Crippen LogP contribution in [0.5, 0.6) is 0 Å². The Bertz CT molecular complexity index is 4930. The second-order valence-electron chi connectivity index (χ2n) is 22.2. The molecule has 0 amide bonds. The van der Waals surface area contributed by atoms with Crippen LogP contribution in [0.3, 0.4) is 0 Å². The van der Waals surface area contributed by atoms with Gasteiger partial charge in [0.1, 0.15) is 0 Å². The Kier molecular flexibility index (Phi) is 12.1. The van der Waals surface area contributed by atoms with Crippen molar-refractivity contribution in [1.29, 1.82) is 0 Å². The van der Waals surface area contributed by atoms with Crippen molar-refractivity contribution in [3.63, 3.8) is 0 Å². The summed E-state index contributed by atoms with van der Waals surface area (Å²) in [6.07, 6.45) is 0. The fourth-order valence-electron chi connectivity index (χ4n) is 13.1. The fourth-order valence-corrected chi connectivity index (χ4v) is 13.1. The second-order valence-corrected chi connectivity index (χ2v) is 22.2. The summed E-state index contributed by atoms with van der Waals surface area (Å²) in [6.45, 7) is 0.0115. The minimum Gasteiger partial charge on any atom is -0.311 e. The lowest BCUT2D eigenvalue weighted by Gasteiger charge is -2.44. The van der Waals surface area contributed by atoms with Crippen LogP contribution >= 0.6 is 0 Å². The molecule has 0 saturated heterocycles. The van der Waals surface area contributed by atoms with E-state index in [1.54, 1.807) is 0 Å². The van der Waals surface area contributed by atoms with Crippen LogP contribution < -0.4 is 26.2 Å². The molecular weight excluding hydrogens is 1070 g/mol. The first kappa shape index (κ1) is 50.6. The average molecular weight is 1120 g/mol. The van der Waals surface area contributed by atoms with Crippen LogP contribution in [0, 0.1) is 0 Å². The van der Waals surface area contributed by atoms with Gasteiger partial charge in [0.2, 0.25) is 0 Å². The lowest BCUT2D eigenvalue weighted by Crippen LogP contribution is -2.61. The molecule has 10 heteroatoms. The van der Waals surface area contributed by atoms with Crippen molar-refractivity contribution in [2.24, 2.45) is 0 Å². The highest BCUT2D eigenvalue weighted by Gasteiger charge is 2.43. The van der Waals surface area contributed by atoms with E-state index in [2.05, 4.69) is 196 Å². The summed E-state index contributed by atoms with van der Waals surface area (Å²) in [5.41, 5.74) is 20.9. The molecule has 17 rings (SSSR count). The molecule has 0 bridgehead atoms. The molecule has 0 radical (unpaired) electrons. The molecule has 5 heterocycles. The number of rotatable bonds is 10. The zero-order chi connectivity index (χ0) is 58.1. The summed E-state index contributed by atoms with van der Waals surface area (Å²) < 4.78 is 2.36. The Hall–Kier alpha value is -11.9. The highest BCUT2D eigenvalue weighted by Crippen LogP contribution is 2.47. The summed E-state index contributed by atoms with van der Waals surface area (Å²) in [5.74, 6) is 3.18. The van der Waals surface area contributed by atoms with E-state index in [0.717, 1.165) is 94.8 Å². The maximum atomic E-state index is 5.36. The van der Waals surface area contributed by atoms with E-state index in [4.69, 9.17) is 29.9 Å². The summed E-state index contributed by atoms with van der Waals surface area (Å²) in [4.78, 5) is 36.4. The van der Waals surface area contributed by atoms with E-state index in [0.29, 0.717) is 34.9 Å². The Morgan fingerprint density at radius 2 is 0.636 bits per heavy atom. The zero-order valence-corrected chi connectivity index (χ0v) is 47.5. The number of aromatic nitrogens is 7. The lowest BCUT2D eigenvalue weighted by molar-refractivity contribution is 1.06. The molecule has 0 saturated carbocycles. The highest BCUT2D eigenvalue weighted by molar-refractivity contribution is 7.00. The van der Waals surface area contributed by atoms with E-state index in [1.807, 2.05) is 121 Å². The standard InChI is InChI=1S/C78H50BN9/c1-7-25-51(26-8-1)73-80-74(52-27-9-2-10-28-52)83-77(82-73)61-45-44-59(50-63(61)78-84-75(53-29-11-3-12-30-53)81-76(85-78)54-31-13-4-14-32-54)88-66-40-22-19-37-60(66)62-47-55(43-46-67(62)88)56-48-70-72-71(49-56)87(58-35-17-6-18-36-58)69-42-24-21-39-65(69)79(72)64-38-20-23-41-68(64)86(70)57-33-15-5-16-34-57/h1-50H. The Morgan fingerprint density at radius 1 is 0.239 bits per heavy atom. The number of benzene rings is 12. The molecule has 0 aliphatic carbocycles. The number of anilines is 6. The molecule has 0 spiro atoms. The van der Waals surface area contributed by atoms with E-state index >= 15 is 0 Å². The minimum atomic E-state index is 0.0115. The molecule has 15 aromatic rings. The first-order chi connectivity index (χ1) is 43.6. The van der Waals surface area contributed by atoms with Crippen LogP contribution in [0.4, 0.5) is 34.1 Å². The third-order valence-corrected chi connectivity index (χ3v) is 17.1. The Morgan fingerprint density at radius 3 is 1.12 bits per heavy atom. The first-order valence-corrected chi connectivity index (χ1v) is 29.6. The highest BCUT2D eigenvalue weighted by atomic mass is 15.2. The second kappa shape index (κ2) is 21.0. The van der Waals surface area contributed by atoms with Crippen LogP contribution in [0.25, 0.3) is 107 Å². The van der Waals surface area contributed by atoms with Crippen LogP contribution in [0.1, 0.15) is 0 Å². The van der Waals surface area contributed by atoms with Crippen LogP contribution in [-0.2, 0) is 0 Å². The van der Waals surface area contributed by atoms with Gasteiger partial charge in [-0.15, -0.1) is 0 Å². The third kappa shape index (κ3) is 8.56. The predicted octanol–water partition coefficient (Wildman–Crippen LogP) is 16.9. The molecule has 0 unspecified atom stereocenters. The minimum absolute atomic E-state index is 0.0115. The van der Waals surface area contributed by atoms with Gasteiger partial charge in [-0.3, -0.25) is 0 Å². The van der Waals surface area contributed by atoms with Crippen LogP contribution in [0.15, 0.2) is 303 Å². The van der Waals surface area contributed by atoms with E-state index < -0.39 is 0 Å². The number of nitrogens with zero attached hydrogens (tertiary/aromatic N) is 9. The number of para-hydroxylation sites is 5. The van der Waals surface area contributed by atoms with Gasteiger partial charge in [-0.1, -0.05) is 218 Å². The van der Waals surface area contributed by atoms with Gasteiger partial charge in [0, 0.05) is 84.0 Å². The fraction of sp³-hybridized carbons (Fsp3) is 0. The topological polar surface area (TPSA) is 88.8 Å². The molecule has 0 atom stereocenters. The van der Waals surface area contributed by atoms with Crippen molar-refractivity contribution in [1.82, 2.24) is 34.5 Å². The molecule has 410 valence electrons. The predicted molar refractivity (Wildman–Crippen MR) is 360 cm³/mol. The van der Waals surface area contributed by atoms with Crippen molar-refractivity contribution in [2.45, 2.75) is 0 Å². The van der Waals surface area contributed by atoms with Crippen molar-refractivity contribution in [3.05, 3.63) is 303 Å². The molecule has 2 aliphatic rings. The summed E-state index contributed by atoms with van der Waals surface area (Å²) in [7, 11) is 0. The largest absolute Gasteiger partial charge is 0.311 e. The van der Waals surface area contributed by atoms with Gasteiger partial charge in [-0.25, -0.2) is 29.9 Å². The smallest absolute Gasteiger partial charge is 0.252 e. The molecule has 88 heavy (non-hydrogen) atoms. The quantitative estimate of drug-likeness (QED) is 0.125. The van der Waals surface area contributed by atoms with Gasteiger partial charge >= 0.3 is 0 Å². The molecule has 2 aliphatic heterocycles. The van der Waals surface area contributed by atoms with Crippen molar-refractivity contribution in [3.8, 4) is 85.1 Å². The average Bonchev–Trinajstić information content (AvgIpc) is 0.946. The van der Waals surface area contributed by atoms with Crippen LogP contribution in [-0.4, -0.2) is 41.2 Å². The Labute approximate surface area is 509 Å². The third-order valence-electron chi connectivity index (χ3n) is 17.1. The van der Waals surface area contributed by atoms with Gasteiger partial charge in [-0.05, 0) is 112 Å². The first-order valence-electron chi connectivity index (χ1n) is 29.6. The van der Waals surface area contributed by atoms with Gasteiger partial charge < -0.3 is 14.4 Å². The summed E-state index contributed by atoms with van der Waals surface area (Å²) in [6, 6.07) is 107. The van der Waals surface area contributed by atoms with Crippen molar-refractivity contribution in [2.75, 3.05) is 9.80 Å². The van der Waals surface area contributed by atoms with E-state index in [1.165, 1.54) is 27.8 Å². The molecule has 0 N–H and O–H groups in total. The summed E-state index contributed by atoms with van der Waals surface area (Å²) >= 11 is 0. The van der Waals surface area contributed by atoms with E-state index in [-0.39, 0.29) is 6.71 Å². The van der Waals surface area contributed by atoms with Gasteiger partial charge in [-0.2, -0.15) is 0 Å². The number of fused-ring (bicyclic) bond motifs is 7. The monoisotopic (exact) mass is 1120 g/mol.